The van der Waals surface area contributed by atoms with Crippen LogP contribution in [0, 0.1) is 12.3 Å². The van der Waals surface area contributed by atoms with Crippen molar-refractivity contribution in [2.45, 2.75) is 24.3 Å². The minimum Gasteiger partial charge on any atom is -0.262 e. The Morgan fingerprint density at radius 2 is 2.31 bits per heavy atom. The van der Waals surface area contributed by atoms with E-state index < -0.39 is 10.0 Å². The second-order valence-corrected chi connectivity index (χ2v) is 5.90. The van der Waals surface area contributed by atoms with Gasteiger partial charge in [0.05, 0.1) is 0 Å². The lowest BCUT2D eigenvalue weighted by atomic mass is 10.3. The number of nitrogens with one attached hydrogen (secondary N) is 1. The maximum absolute atomic E-state index is 11.8. The Hall–Kier alpha value is -0.900. The molecule has 0 spiro atoms. The van der Waals surface area contributed by atoms with Crippen molar-refractivity contribution in [2.24, 2.45) is 0 Å². The van der Waals surface area contributed by atoms with Crippen LogP contribution in [0.25, 0.3) is 0 Å². The number of aromatic nitrogens is 1. The van der Waals surface area contributed by atoms with Gasteiger partial charge in [0.1, 0.15) is 4.90 Å². The van der Waals surface area contributed by atoms with Crippen LogP contribution in [-0.4, -0.2) is 19.4 Å². The summed E-state index contributed by atoms with van der Waals surface area (Å²) in [5, 5.41) is 0. The number of nitrogens with zero attached hydrogens (tertiary/aromatic N) is 1. The molecule has 1 unspecified atom stereocenters. The standard InChI is InChI=1S/C10H11BrN2O2S/c1-3-4-8(2)13-16(14,15)10-5-9(11)6-12-7-10/h1,5-8,13H,4H2,2H3. The third-order valence-electron chi connectivity index (χ3n) is 1.77. The molecular formula is C10H11BrN2O2S. The molecule has 0 aliphatic rings. The molecule has 86 valence electrons. The molecule has 0 radical (unpaired) electrons. The van der Waals surface area contributed by atoms with Gasteiger partial charge in [-0.25, -0.2) is 13.1 Å². The van der Waals surface area contributed by atoms with E-state index in [9.17, 15) is 8.42 Å². The fraction of sp³-hybridized carbons (Fsp3) is 0.300. The summed E-state index contributed by atoms with van der Waals surface area (Å²) < 4.78 is 26.7. The van der Waals surface area contributed by atoms with Crippen molar-refractivity contribution in [3.8, 4) is 12.3 Å². The molecule has 0 bridgehead atoms. The summed E-state index contributed by atoms with van der Waals surface area (Å²) in [6.45, 7) is 1.71. The predicted molar refractivity (Wildman–Crippen MR) is 65.2 cm³/mol. The first-order chi connectivity index (χ1) is 7.45. The molecule has 0 amide bonds. The molecule has 0 saturated carbocycles. The molecular weight excluding hydrogens is 292 g/mol. The highest BCUT2D eigenvalue weighted by molar-refractivity contribution is 9.10. The summed E-state index contributed by atoms with van der Waals surface area (Å²) >= 11 is 3.16. The Labute approximate surface area is 104 Å². The maximum Gasteiger partial charge on any atom is 0.242 e. The largest absolute Gasteiger partial charge is 0.262 e. The minimum atomic E-state index is -3.54. The fourth-order valence-electron chi connectivity index (χ4n) is 1.09. The number of pyridine rings is 1. The van der Waals surface area contributed by atoms with Gasteiger partial charge in [0.15, 0.2) is 0 Å². The van der Waals surface area contributed by atoms with Crippen LogP contribution in [0.1, 0.15) is 13.3 Å². The van der Waals surface area contributed by atoms with Crippen LogP contribution in [0.2, 0.25) is 0 Å². The van der Waals surface area contributed by atoms with Crippen molar-refractivity contribution in [1.29, 1.82) is 0 Å². The number of halogens is 1. The topological polar surface area (TPSA) is 59.1 Å². The van der Waals surface area contributed by atoms with Gasteiger partial charge in [-0.1, -0.05) is 0 Å². The van der Waals surface area contributed by atoms with E-state index >= 15 is 0 Å². The Bertz CT molecular complexity index is 508. The van der Waals surface area contributed by atoms with Crippen LogP contribution in [-0.2, 0) is 10.0 Å². The van der Waals surface area contributed by atoms with E-state index in [1.807, 2.05) is 0 Å². The van der Waals surface area contributed by atoms with Gasteiger partial charge in [-0.3, -0.25) is 4.98 Å². The summed E-state index contributed by atoms with van der Waals surface area (Å²) in [6, 6.07) is 1.19. The van der Waals surface area contributed by atoms with Crippen molar-refractivity contribution >= 4 is 26.0 Å². The Kier molecular flexibility index (Phi) is 4.47. The SMILES string of the molecule is C#CCC(C)NS(=O)(=O)c1cncc(Br)c1. The lowest BCUT2D eigenvalue weighted by Crippen LogP contribution is -2.32. The number of hydrogen-bond acceptors (Lipinski definition) is 3. The molecule has 4 nitrogen and oxygen atoms in total. The van der Waals surface area contributed by atoms with Crippen molar-refractivity contribution in [3.63, 3.8) is 0 Å². The normalized spacial score (nSPS) is 13.1. The molecule has 1 rings (SSSR count). The van der Waals surface area contributed by atoms with Crippen LogP contribution in [0.5, 0.6) is 0 Å². The first-order valence-electron chi connectivity index (χ1n) is 4.52. The second kappa shape index (κ2) is 5.43. The smallest absolute Gasteiger partial charge is 0.242 e. The average molecular weight is 303 g/mol. The Morgan fingerprint density at radius 3 is 2.88 bits per heavy atom. The molecule has 1 aromatic heterocycles. The quantitative estimate of drug-likeness (QED) is 0.858. The third kappa shape index (κ3) is 3.59. The average Bonchev–Trinajstić information content (AvgIpc) is 2.17. The minimum absolute atomic E-state index is 0.116. The monoisotopic (exact) mass is 302 g/mol. The van der Waals surface area contributed by atoms with Gasteiger partial charge >= 0.3 is 0 Å². The van der Waals surface area contributed by atoms with Gasteiger partial charge in [0.25, 0.3) is 0 Å². The van der Waals surface area contributed by atoms with Crippen molar-refractivity contribution in [2.75, 3.05) is 0 Å². The van der Waals surface area contributed by atoms with E-state index in [0.29, 0.717) is 10.9 Å². The zero-order valence-corrected chi connectivity index (χ0v) is 11.0. The molecule has 1 atom stereocenters. The van der Waals surface area contributed by atoms with Crippen molar-refractivity contribution < 1.29 is 8.42 Å². The number of hydrogen-bond donors (Lipinski definition) is 1. The summed E-state index contributed by atoms with van der Waals surface area (Å²) in [6.07, 6.45) is 8.26. The maximum atomic E-state index is 11.8. The lowest BCUT2D eigenvalue weighted by Gasteiger charge is -2.11. The van der Waals surface area contributed by atoms with Crippen LogP contribution in [0.4, 0.5) is 0 Å². The summed E-state index contributed by atoms with van der Waals surface area (Å²) in [7, 11) is -3.54. The van der Waals surface area contributed by atoms with E-state index in [4.69, 9.17) is 6.42 Å². The summed E-state index contributed by atoms with van der Waals surface area (Å²) in [4.78, 5) is 3.91. The summed E-state index contributed by atoms with van der Waals surface area (Å²) in [5.41, 5.74) is 0. The van der Waals surface area contributed by atoms with Crippen molar-refractivity contribution in [3.05, 3.63) is 22.9 Å². The molecule has 0 aromatic carbocycles. The van der Waals surface area contributed by atoms with Gasteiger partial charge in [0.2, 0.25) is 10.0 Å². The van der Waals surface area contributed by atoms with Gasteiger partial charge in [-0.05, 0) is 28.9 Å². The van der Waals surface area contributed by atoms with Gasteiger partial charge in [-0.15, -0.1) is 12.3 Å². The van der Waals surface area contributed by atoms with E-state index in [-0.39, 0.29) is 10.9 Å². The van der Waals surface area contributed by atoms with E-state index in [0.717, 1.165) is 0 Å². The Balaban J connectivity index is 2.91. The second-order valence-electron chi connectivity index (χ2n) is 3.27. The highest BCUT2D eigenvalue weighted by Gasteiger charge is 2.17. The highest BCUT2D eigenvalue weighted by atomic mass is 79.9. The van der Waals surface area contributed by atoms with Crippen LogP contribution >= 0.6 is 15.9 Å². The van der Waals surface area contributed by atoms with E-state index in [1.54, 1.807) is 6.92 Å². The number of terminal acetylenes is 1. The first kappa shape index (κ1) is 13.2. The molecule has 0 aliphatic carbocycles. The van der Waals surface area contributed by atoms with Gasteiger partial charge in [-0.2, -0.15) is 0 Å². The molecule has 0 fully saturated rings. The molecule has 0 saturated heterocycles. The number of rotatable bonds is 4. The van der Waals surface area contributed by atoms with Crippen LogP contribution < -0.4 is 4.72 Å². The van der Waals surface area contributed by atoms with Crippen LogP contribution in [0.3, 0.4) is 0 Å². The molecule has 6 heteroatoms. The lowest BCUT2D eigenvalue weighted by molar-refractivity contribution is 0.563. The zero-order valence-electron chi connectivity index (χ0n) is 8.64. The molecule has 0 aliphatic heterocycles. The first-order valence-corrected chi connectivity index (χ1v) is 6.79. The van der Waals surface area contributed by atoms with Gasteiger partial charge < -0.3 is 0 Å². The van der Waals surface area contributed by atoms with E-state index in [1.165, 1.54) is 18.5 Å². The predicted octanol–water partition coefficient (Wildman–Crippen LogP) is 1.53. The Morgan fingerprint density at radius 1 is 1.62 bits per heavy atom. The fourth-order valence-corrected chi connectivity index (χ4v) is 2.84. The highest BCUT2D eigenvalue weighted by Crippen LogP contribution is 2.14. The molecule has 16 heavy (non-hydrogen) atoms. The number of sulfonamides is 1. The van der Waals surface area contributed by atoms with Crippen molar-refractivity contribution in [1.82, 2.24) is 9.71 Å². The van der Waals surface area contributed by atoms with Gasteiger partial charge in [0, 0.05) is 29.3 Å². The van der Waals surface area contributed by atoms with Crippen LogP contribution in [0.15, 0.2) is 27.8 Å². The molecule has 1 heterocycles. The molecule has 1 N–H and O–H groups in total. The summed E-state index contributed by atoms with van der Waals surface area (Å²) in [5.74, 6) is 2.40. The molecule has 1 aromatic rings. The third-order valence-corrected chi connectivity index (χ3v) is 3.76. The zero-order chi connectivity index (χ0) is 12.2. The van der Waals surface area contributed by atoms with E-state index in [2.05, 4.69) is 31.6 Å².